The number of fused-ring (bicyclic) bond motifs is 1. The van der Waals surface area contributed by atoms with Gasteiger partial charge in [0, 0.05) is 30.1 Å². The molecule has 3 aromatic rings. The number of benzene rings is 2. The molecule has 1 saturated heterocycles. The fraction of sp³-hybridized carbons (Fsp3) is 0.304. The first kappa shape index (κ1) is 19.3. The number of phenols is 1. The van der Waals surface area contributed by atoms with Crippen molar-refractivity contribution in [3.8, 4) is 16.9 Å². The van der Waals surface area contributed by atoms with E-state index in [1.807, 2.05) is 0 Å². The third-order valence-corrected chi connectivity index (χ3v) is 5.57. The number of nitrogens with zero attached hydrogens (tertiary/aromatic N) is 1. The second-order valence-corrected chi connectivity index (χ2v) is 7.44. The van der Waals surface area contributed by atoms with Gasteiger partial charge in [-0.1, -0.05) is 12.1 Å². The molecule has 0 saturated carbocycles. The van der Waals surface area contributed by atoms with Gasteiger partial charge in [-0.2, -0.15) is 0 Å². The van der Waals surface area contributed by atoms with Gasteiger partial charge < -0.3 is 14.9 Å². The summed E-state index contributed by atoms with van der Waals surface area (Å²) in [6, 6.07) is 11.2. The van der Waals surface area contributed by atoms with E-state index in [-0.39, 0.29) is 17.5 Å². The molecule has 1 aliphatic rings. The molecule has 1 atom stereocenters. The van der Waals surface area contributed by atoms with Gasteiger partial charge in [0.2, 0.25) is 0 Å². The Kier molecular flexibility index (Phi) is 5.20. The number of carboxylic acid groups (broad SMARTS) is 1. The van der Waals surface area contributed by atoms with Gasteiger partial charge in [0.1, 0.15) is 11.6 Å². The Hall–Kier alpha value is -2.99. The normalized spacial score (nSPS) is 16.1. The van der Waals surface area contributed by atoms with Crippen LogP contribution in [-0.4, -0.2) is 34.4 Å². The van der Waals surface area contributed by atoms with Crippen molar-refractivity contribution in [1.82, 2.24) is 4.98 Å². The molecule has 0 bridgehead atoms. The maximum absolute atomic E-state index is 13.6. The number of ether oxygens (including phenoxy) is 1. The summed E-state index contributed by atoms with van der Waals surface area (Å²) in [5.74, 6) is -1.98. The van der Waals surface area contributed by atoms with Crippen LogP contribution in [0.4, 0.5) is 4.39 Å². The summed E-state index contributed by atoms with van der Waals surface area (Å²) in [5, 5.41) is 21.1. The summed E-state index contributed by atoms with van der Waals surface area (Å²) in [6.07, 6.45) is 1.57. The molecule has 5 nitrogen and oxygen atoms in total. The van der Waals surface area contributed by atoms with E-state index in [4.69, 9.17) is 9.72 Å². The predicted octanol–water partition coefficient (Wildman–Crippen LogP) is 4.83. The summed E-state index contributed by atoms with van der Waals surface area (Å²) in [5.41, 5.74) is 2.90. The lowest BCUT2D eigenvalue weighted by molar-refractivity contribution is -0.138. The number of phenolic OH excluding ortho intramolecular Hbond substituents is 1. The zero-order valence-electron chi connectivity index (χ0n) is 16.1. The smallest absolute Gasteiger partial charge is 0.312 e. The van der Waals surface area contributed by atoms with E-state index in [1.54, 1.807) is 37.3 Å². The Morgan fingerprint density at radius 1 is 1.14 bits per heavy atom. The van der Waals surface area contributed by atoms with E-state index >= 15 is 0 Å². The largest absolute Gasteiger partial charge is 0.508 e. The van der Waals surface area contributed by atoms with Gasteiger partial charge in [0.05, 0.1) is 17.3 Å². The van der Waals surface area contributed by atoms with Gasteiger partial charge in [0.25, 0.3) is 0 Å². The van der Waals surface area contributed by atoms with Crippen molar-refractivity contribution in [3.05, 3.63) is 59.7 Å². The molecular weight excluding hydrogens is 373 g/mol. The summed E-state index contributed by atoms with van der Waals surface area (Å²) in [7, 11) is 0. The van der Waals surface area contributed by atoms with Crippen molar-refractivity contribution in [2.45, 2.75) is 31.6 Å². The summed E-state index contributed by atoms with van der Waals surface area (Å²) in [6.45, 7) is 2.83. The minimum atomic E-state index is -0.977. The highest BCUT2D eigenvalue weighted by Gasteiger charge is 2.27. The SMILES string of the molecule is CC(C(=O)O)c1nc(C2CCOCC2)c(-c2ccc(F)cc2)c2ccc(O)cc12. The number of hydrogen-bond donors (Lipinski definition) is 2. The van der Waals surface area contributed by atoms with Crippen LogP contribution in [0.15, 0.2) is 42.5 Å². The Labute approximate surface area is 167 Å². The van der Waals surface area contributed by atoms with E-state index in [2.05, 4.69) is 0 Å². The monoisotopic (exact) mass is 395 g/mol. The molecule has 2 aromatic carbocycles. The molecule has 1 fully saturated rings. The van der Waals surface area contributed by atoms with E-state index in [0.29, 0.717) is 24.3 Å². The van der Waals surface area contributed by atoms with Gasteiger partial charge >= 0.3 is 5.97 Å². The van der Waals surface area contributed by atoms with E-state index < -0.39 is 11.9 Å². The lowest BCUT2D eigenvalue weighted by Gasteiger charge is -2.26. The molecule has 150 valence electrons. The van der Waals surface area contributed by atoms with Crippen molar-refractivity contribution in [3.63, 3.8) is 0 Å². The Morgan fingerprint density at radius 3 is 2.48 bits per heavy atom. The number of pyridine rings is 1. The molecule has 4 rings (SSSR count). The topological polar surface area (TPSA) is 79.7 Å². The van der Waals surface area contributed by atoms with Crippen molar-refractivity contribution in [2.24, 2.45) is 0 Å². The van der Waals surface area contributed by atoms with Crippen LogP contribution >= 0.6 is 0 Å². The number of aromatic nitrogens is 1. The van der Waals surface area contributed by atoms with E-state index in [9.17, 15) is 19.4 Å². The van der Waals surface area contributed by atoms with Crippen molar-refractivity contribution in [1.29, 1.82) is 0 Å². The van der Waals surface area contributed by atoms with Crippen LogP contribution in [0.1, 0.15) is 43.0 Å². The van der Waals surface area contributed by atoms with Gasteiger partial charge in [-0.05, 0) is 61.0 Å². The van der Waals surface area contributed by atoms with Crippen molar-refractivity contribution >= 4 is 16.7 Å². The molecule has 1 unspecified atom stereocenters. The molecular formula is C23H22FNO4. The number of rotatable bonds is 4. The molecule has 0 radical (unpaired) electrons. The first-order valence-corrected chi connectivity index (χ1v) is 9.68. The van der Waals surface area contributed by atoms with E-state index in [1.165, 1.54) is 12.1 Å². The molecule has 0 spiro atoms. The summed E-state index contributed by atoms with van der Waals surface area (Å²) >= 11 is 0. The number of carbonyl (C=O) groups is 1. The number of carboxylic acids is 1. The molecule has 6 heteroatoms. The fourth-order valence-corrected chi connectivity index (χ4v) is 3.98. The van der Waals surface area contributed by atoms with Crippen LogP contribution in [0.2, 0.25) is 0 Å². The zero-order valence-corrected chi connectivity index (χ0v) is 16.1. The predicted molar refractivity (Wildman–Crippen MR) is 108 cm³/mol. The average Bonchev–Trinajstić information content (AvgIpc) is 2.73. The molecule has 29 heavy (non-hydrogen) atoms. The number of hydrogen-bond acceptors (Lipinski definition) is 4. The standard InChI is InChI=1S/C23H22FNO4/c1-13(23(27)28)21-19-12-17(26)6-7-18(19)20(14-2-4-16(24)5-3-14)22(25-21)15-8-10-29-11-9-15/h2-7,12-13,15,26H,8-11H2,1H3,(H,27,28). The molecule has 1 aliphatic heterocycles. The Bertz CT molecular complexity index is 1060. The molecule has 0 aliphatic carbocycles. The highest BCUT2D eigenvalue weighted by molar-refractivity contribution is 6.01. The van der Waals surface area contributed by atoms with Crippen LogP contribution in [0.3, 0.4) is 0 Å². The minimum absolute atomic E-state index is 0.0435. The second kappa shape index (κ2) is 7.79. The quantitative estimate of drug-likeness (QED) is 0.662. The third kappa shape index (κ3) is 3.68. The van der Waals surface area contributed by atoms with Crippen LogP contribution in [0.25, 0.3) is 21.9 Å². The average molecular weight is 395 g/mol. The van der Waals surface area contributed by atoms with Gasteiger partial charge in [-0.15, -0.1) is 0 Å². The Balaban J connectivity index is 2.05. The van der Waals surface area contributed by atoms with Gasteiger partial charge in [0.15, 0.2) is 0 Å². The van der Waals surface area contributed by atoms with Crippen molar-refractivity contribution in [2.75, 3.05) is 13.2 Å². The number of aliphatic carboxylic acids is 1. The Morgan fingerprint density at radius 2 is 1.83 bits per heavy atom. The number of aromatic hydroxyl groups is 1. The second-order valence-electron chi connectivity index (χ2n) is 7.44. The van der Waals surface area contributed by atoms with Crippen LogP contribution < -0.4 is 0 Å². The first-order valence-electron chi connectivity index (χ1n) is 9.68. The zero-order chi connectivity index (χ0) is 20.5. The maximum Gasteiger partial charge on any atom is 0.312 e. The van der Waals surface area contributed by atoms with Gasteiger partial charge in [-0.25, -0.2) is 4.39 Å². The molecule has 1 aromatic heterocycles. The molecule has 2 N–H and O–H groups in total. The van der Waals surface area contributed by atoms with Crippen molar-refractivity contribution < 1.29 is 24.1 Å². The van der Waals surface area contributed by atoms with Crippen LogP contribution in [0.5, 0.6) is 5.75 Å². The highest BCUT2D eigenvalue weighted by atomic mass is 19.1. The fourth-order valence-electron chi connectivity index (χ4n) is 3.98. The van der Waals surface area contributed by atoms with E-state index in [0.717, 1.165) is 35.0 Å². The summed E-state index contributed by atoms with van der Waals surface area (Å²) < 4.78 is 19.0. The number of halogens is 1. The van der Waals surface area contributed by atoms with Crippen LogP contribution in [0, 0.1) is 5.82 Å². The first-order chi connectivity index (χ1) is 14.0. The van der Waals surface area contributed by atoms with Crippen LogP contribution in [-0.2, 0) is 9.53 Å². The molecule has 0 amide bonds. The minimum Gasteiger partial charge on any atom is -0.508 e. The van der Waals surface area contributed by atoms with Gasteiger partial charge in [-0.3, -0.25) is 9.78 Å². The lowest BCUT2D eigenvalue weighted by Crippen LogP contribution is -2.18. The molecule has 2 heterocycles. The highest BCUT2D eigenvalue weighted by Crippen LogP contribution is 2.41. The lowest BCUT2D eigenvalue weighted by atomic mass is 9.85. The summed E-state index contributed by atoms with van der Waals surface area (Å²) in [4.78, 5) is 16.6. The third-order valence-electron chi connectivity index (χ3n) is 5.57. The maximum atomic E-state index is 13.6.